The van der Waals surface area contributed by atoms with Crippen LogP contribution in [0, 0.1) is 11.3 Å². The number of ether oxygens (including phenoxy) is 1. The van der Waals surface area contributed by atoms with Crippen molar-refractivity contribution in [2.24, 2.45) is 0 Å². The van der Waals surface area contributed by atoms with E-state index >= 15 is 0 Å². The Kier molecular flexibility index (Phi) is 3.06. The fourth-order valence-electron chi connectivity index (χ4n) is 1.41. The quantitative estimate of drug-likeness (QED) is 0.808. The zero-order valence-electron chi connectivity index (χ0n) is 9.54. The van der Waals surface area contributed by atoms with Crippen LogP contribution >= 0.6 is 0 Å². The number of hydrogen-bond acceptors (Lipinski definition) is 5. The molecule has 1 heterocycles. The van der Waals surface area contributed by atoms with Gasteiger partial charge in [-0.05, 0) is 32.0 Å². The van der Waals surface area contributed by atoms with E-state index in [0.29, 0.717) is 22.8 Å². The monoisotopic (exact) mass is 229 g/mol. The van der Waals surface area contributed by atoms with Gasteiger partial charge in [0.05, 0.1) is 11.7 Å². The summed E-state index contributed by atoms with van der Waals surface area (Å²) < 4.78 is 10.4. The number of nitrogens with zero attached hydrogens (tertiary/aromatic N) is 3. The first-order valence-electron chi connectivity index (χ1n) is 5.18. The molecule has 0 fully saturated rings. The summed E-state index contributed by atoms with van der Waals surface area (Å²) in [6.45, 7) is 3.82. The van der Waals surface area contributed by atoms with E-state index in [0.717, 1.165) is 0 Å². The molecule has 2 aromatic rings. The van der Waals surface area contributed by atoms with Gasteiger partial charge in [-0.15, -0.1) is 0 Å². The van der Waals surface area contributed by atoms with Crippen molar-refractivity contribution in [2.45, 2.75) is 20.0 Å². The van der Waals surface area contributed by atoms with Crippen LogP contribution in [-0.2, 0) is 0 Å². The molecular weight excluding hydrogens is 218 g/mol. The summed E-state index contributed by atoms with van der Waals surface area (Å²) in [6, 6.07) is 7.28. The summed E-state index contributed by atoms with van der Waals surface area (Å²) in [6.07, 6.45) is 1.34. The molecule has 1 aromatic carbocycles. The SMILES string of the molecule is CC(C)Oc1ccc(-c2ncno2)cc1C#N. The Bertz CT molecular complexity index is 541. The Labute approximate surface area is 98.6 Å². The Hall–Kier alpha value is -2.35. The molecule has 5 nitrogen and oxygen atoms in total. The third-order valence-electron chi connectivity index (χ3n) is 2.07. The Morgan fingerprint density at radius 2 is 2.24 bits per heavy atom. The first-order chi connectivity index (χ1) is 8.20. The van der Waals surface area contributed by atoms with Gasteiger partial charge in [0.25, 0.3) is 5.89 Å². The van der Waals surface area contributed by atoms with Gasteiger partial charge in [-0.2, -0.15) is 10.2 Å². The highest BCUT2D eigenvalue weighted by Crippen LogP contribution is 2.25. The summed E-state index contributed by atoms with van der Waals surface area (Å²) in [7, 11) is 0. The van der Waals surface area contributed by atoms with Gasteiger partial charge in [-0.25, -0.2) is 0 Å². The fraction of sp³-hybridized carbons (Fsp3) is 0.250. The molecule has 0 saturated carbocycles. The minimum absolute atomic E-state index is 0.0244. The standard InChI is InChI=1S/C12H11N3O2/c1-8(2)16-11-4-3-9(5-10(11)6-13)12-14-7-15-17-12/h3-5,7-8H,1-2H3. The molecule has 0 saturated heterocycles. The van der Waals surface area contributed by atoms with Crippen LogP contribution in [0.4, 0.5) is 0 Å². The van der Waals surface area contributed by atoms with Crippen LogP contribution in [0.15, 0.2) is 29.0 Å². The zero-order valence-corrected chi connectivity index (χ0v) is 9.54. The molecule has 0 amide bonds. The Morgan fingerprint density at radius 1 is 1.41 bits per heavy atom. The largest absolute Gasteiger partial charge is 0.490 e. The molecule has 0 aliphatic heterocycles. The fourth-order valence-corrected chi connectivity index (χ4v) is 1.41. The van der Waals surface area contributed by atoms with E-state index in [2.05, 4.69) is 16.2 Å². The van der Waals surface area contributed by atoms with Crippen molar-refractivity contribution in [1.82, 2.24) is 10.1 Å². The van der Waals surface area contributed by atoms with Crippen molar-refractivity contribution in [3.8, 4) is 23.3 Å². The van der Waals surface area contributed by atoms with Gasteiger partial charge in [-0.3, -0.25) is 0 Å². The first kappa shape index (κ1) is 11.1. The summed E-state index contributed by atoms with van der Waals surface area (Å²) in [5, 5.41) is 12.6. The lowest BCUT2D eigenvalue weighted by Gasteiger charge is -2.11. The molecule has 0 aliphatic carbocycles. The van der Waals surface area contributed by atoms with Gasteiger partial charge < -0.3 is 9.26 Å². The summed E-state index contributed by atoms with van der Waals surface area (Å²) in [4.78, 5) is 3.92. The zero-order chi connectivity index (χ0) is 12.3. The Balaban J connectivity index is 2.39. The van der Waals surface area contributed by atoms with Crippen LogP contribution in [-0.4, -0.2) is 16.2 Å². The summed E-state index contributed by atoms with van der Waals surface area (Å²) in [5.74, 6) is 0.948. The van der Waals surface area contributed by atoms with Gasteiger partial charge in [-0.1, -0.05) is 5.16 Å². The predicted octanol–water partition coefficient (Wildman–Crippen LogP) is 2.40. The second-order valence-electron chi connectivity index (χ2n) is 3.74. The average molecular weight is 229 g/mol. The van der Waals surface area contributed by atoms with Crippen LogP contribution in [0.5, 0.6) is 5.75 Å². The first-order valence-corrected chi connectivity index (χ1v) is 5.18. The topological polar surface area (TPSA) is 71.9 Å². The lowest BCUT2D eigenvalue weighted by Crippen LogP contribution is -2.06. The molecule has 0 unspecified atom stereocenters. The highest BCUT2D eigenvalue weighted by molar-refractivity contribution is 5.59. The van der Waals surface area contributed by atoms with E-state index in [1.165, 1.54) is 6.33 Å². The molecule has 0 radical (unpaired) electrons. The van der Waals surface area contributed by atoms with Crippen LogP contribution in [0.1, 0.15) is 19.4 Å². The molecule has 0 aliphatic rings. The van der Waals surface area contributed by atoms with Crippen molar-refractivity contribution >= 4 is 0 Å². The maximum Gasteiger partial charge on any atom is 0.257 e. The number of hydrogen-bond donors (Lipinski definition) is 0. The van der Waals surface area contributed by atoms with E-state index in [-0.39, 0.29) is 6.10 Å². The molecular formula is C12H11N3O2. The molecule has 5 heteroatoms. The second kappa shape index (κ2) is 4.66. The molecule has 2 rings (SSSR count). The van der Waals surface area contributed by atoms with Gasteiger partial charge in [0.2, 0.25) is 0 Å². The van der Waals surface area contributed by atoms with Crippen LogP contribution in [0.3, 0.4) is 0 Å². The average Bonchev–Trinajstić information content (AvgIpc) is 2.82. The summed E-state index contributed by atoms with van der Waals surface area (Å²) >= 11 is 0. The van der Waals surface area contributed by atoms with E-state index in [4.69, 9.17) is 14.5 Å². The van der Waals surface area contributed by atoms with Crippen molar-refractivity contribution in [3.05, 3.63) is 30.1 Å². The Morgan fingerprint density at radius 3 is 2.82 bits per heavy atom. The third-order valence-corrected chi connectivity index (χ3v) is 2.07. The minimum Gasteiger partial charge on any atom is -0.490 e. The lowest BCUT2D eigenvalue weighted by atomic mass is 10.1. The van der Waals surface area contributed by atoms with Gasteiger partial charge in [0.1, 0.15) is 11.8 Å². The number of benzene rings is 1. The number of rotatable bonds is 3. The van der Waals surface area contributed by atoms with Crippen molar-refractivity contribution in [3.63, 3.8) is 0 Å². The van der Waals surface area contributed by atoms with Crippen molar-refractivity contribution in [1.29, 1.82) is 5.26 Å². The molecule has 86 valence electrons. The maximum atomic E-state index is 9.06. The predicted molar refractivity (Wildman–Crippen MR) is 60.2 cm³/mol. The van der Waals surface area contributed by atoms with Crippen LogP contribution < -0.4 is 4.74 Å². The summed E-state index contributed by atoms with van der Waals surface area (Å²) in [5.41, 5.74) is 1.16. The molecule has 17 heavy (non-hydrogen) atoms. The van der Waals surface area contributed by atoms with E-state index in [1.54, 1.807) is 18.2 Å². The molecule has 1 aromatic heterocycles. The number of nitriles is 1. The number of aromatic nitrogens is 2. The molecule has 0 bridgehead atoms. The highest BCUT2D eigenvalue weighted by Gasteiger charge is 2.10. The normalized spacial score (nSPS) is 10.2. The van der Waals surface area contributed by atoms with Crippen molar-refractivity contribution < 1.29 is 9.26 Å². The van der Waals surface area contributed by atoms with E-state index in [1.807, 2.05) is 13.8 Å². The van der Waals surface area contributed by atoms with Crippen LogP contribution in [0.25, 0.3) is 11.5 Å². The smallest absolute Gasteiger partial charge is 0.257 e. The van der Waals surface area contributed by atoms with Crippen molar-refractivity contribution in [2.75, 3.05) is 0 Å². The van der Waals surface area contributed by atoms with E-state index in [9.17, 15) is 0 Å². The maximum absolute atomic E-state index is 9.06. The third kappa shape index (κ3) is 2.42. The second-order valence-corrected chi connectivity index (χ2v) is 3.74. The van der Waals surface area contributed by atoms with Crippen LogP contribution in [0.2, 0.25) is 0 Å². The molecule has 0 N–H and O–H groups in total. The van der Waals surface area contributed by atoms with Gasteiger partial charge >= 0.3 is 0 Å². The lowest BCUT2D eigenvalue weighted by molar-refractivity contribution is 0.242. The molecule has 0 atom stereocenters. The minimum atomic E-state index is 0.0244. The van der Waals surface area contributed by atoms with Gasteiger partial charge in [0.15, 0.2) is 6.33 Å². The van der Waals surface area contributed by atoms with Gasteiger partial charge in [0, 0.05) is 5.56 Å². The van der Waals surface area contributed by atoms with E-state index < -0.39 is 0 Å². The molecule has 0 spiro atoms. The highest BCUT2D eigenvalue weighted by atomic mass is 16.5.